The quantitative estimate of drug-likeness (QED) is 0.791. The fraction of sp³-hybridized carbons (Fsp3) is 0.211. The average molecular weight is 373 g/mol. The van der Waals surface area contributed by atoms with Crippen molar-refractivity contribution in [1.29, 1.82) is 0 Å². The molecule has 1 saturated heterocycles. The van der Waals surface area contributed by atoms with Crippen LogP contribution in [0.25, 0.3) is 0 Å². The zero-order valence-corrected chi connectivity index (χ0v) is 14.5. The summed E-state index contributed by atoms with van der Waals surface area (Å²) in [7, 11) is 0. The highest BCUT2D eigenvalue weighted by atomic mass is 19.1. The molecule has 1 fully saturated rings. The van der Waals surface area contributed by atoms with Gasteiger partial charge in [0.15, 0.2) is 0 Å². The molecular formula is C19H17F2N3O3. The van der Waals surface area contributed by atoms with Crippen LogP contribution in [0.1, 0.15) is 18.9 Å². The van der Waals surface area contributed by atoms with Gasteiger partial charge in [0.2, 0.25) is 5.91 Å². The standard InChI is InChI=1S/C19H17F2N3O3/c1-2-19(12-6-4-3-5-7-12)17(26)24(18(27)23-19)11-16(25)22-15-9-8-13(20)10-14(15)21/h3-10H,2,11H2,1H3,(H,22,25)(H,23,27)/t19-/m1/s1. The van der Waals surface area contributed by atoms with Crippen molar-refractivity contribution in [1.82, 2.24) is 10.2 Å². The SMILES string of the molecule is CC[C@]1(c2ccccc2)NC(=O)N(CC(=O)Nc2ccc(F)cc2F)C1=O. The minimum absolute atomic E-state index is 0.238. The number of carbonyl (C=O) groups is 3. The van der Waals surface area contributed by atoms with E-state index in [-0.39, 0.29) is 5.69 Å². The van der Waals surface area contributed by atoms with Crippen molar-refractivity contribution >= 4 is 23.5 Å². The smallest absolute Gasteiger partial charge is 0.322 e. The average Bonchev–Trinajstić information content (AvgIpc) is 2.90. The van der Waals surface area contributed by atoms with E-state index in [0.717, 1.165) is 17.0 Å². The summed E-state index contributed by atoms with van der Waals surface area (Å²) in [4.78, 5) is 38.2. The maximum atomic E-state index is 13.7. The van der Waals surface area contributed by atoms with Crippen molar-refractivity contribution in [3.05, 3.63) is 65.7 Å². The van der Waals surface area contributed by atoms with Crippen molar-refractivity contribution < 1.29 is 23.2 Å². The van der Waals surface area contributed by atoms with Gasteiger partial charge in [-0.2, -0.15) is 0 Å². The molecule has 2 N–H and O–H groups in total. The second-order valence-electron chi connectivity index (χ2n) is 6.12. The molecule has 0 bridgehead atoms. The molecule has 27 heavy (non-hydrogen) atoms. The van der Waals surface area contributed by atoms with E-state index in [4.69, 9.17) is 0 Å². The van der Waals surface area contributed by atoms with E-state index in [1.165, 1.54) is 0 Å². The minimum Gasteiger partial charge on any atom is -0.322 e. The van der Waals surface area contributed by atoms with Crippen LogP contribution in [0, 0.1) is 11.6 Å². The molecule has 0 aliphatic carbocycles. The molecule has 1 aliphatic heterocycles. The number of hydrogen-bond acceptors (Lipinski definition) is 3. The first-order valence-corrected chi connectivity index (χ1v) is 8.32. The van der Waals surface area contributed by atoms with Crippen LogP contribution in [-0.2, 0) is 15.1 Å². The Morgan fingerprint density at radius 1 is 1.15 bits per heavy atom. The van der Waals surface area contributed by atoms with E-state index in [9.17, 15) is 23.2 Å². The lowest BCUT2D eigenvalue weighted by Gasteiger charge is -2.25. The molecule has 0 radical (unpaired) electrons. The van der Waals surface area contributed by atoms with Gasteiger partial charge in [-0.05, 0) is 24.1 Å². The fourth-order valence-electron chi connectivity index (χ4n) is 3.06. The predicted octanol–water partition coefficient (Wildman–Crippen LogP) is 2.76. The van der Waals surface area contributed by atoms with E-state index >= 15 is 0 Å². The van der Waals surface area contributed by atoms with Crippen LogP contribution in [-0.4, -0.2) is 29.3 Å². The maximum Gasteiger partial charge on any atom is 0.325 e. The number of imide groups is 1. The van der Waals surface area contributed by atoms with E-state index in [0.29, 0.717) is 18.1 Å². The molecule has 3 rings (SSSR count). The Kier molecular flexibility index (Phi) is 4.89. The zero-order chi connectivity index (χ0) is 19.6. The van der Waals surface area contributed by atoms with Crippen molar-refractivity contribution in [3.63, 3.8) is 0 Å². The fourth-order valence-corrected chi connectivity index (χ4v) is 3.06. The highest BCUT2D eigenvalue weighted by molar-refractivity contribution is 6.10. The van der Waals surface area contributed by atoms with Crippen LogP contribution in [0.15, 0.2) is 48.5 Å². The highest BCUT2D eigenvalue weighted by Gasteiger charge is 2.51. The van der Waals surface area contributed by atoms with Crippen molar-refractivity contribution in [2.75, 3.05) is 11.9 Å². The van der Waals surface area contributed by atoms with Crippen LogP contribution in [0.5, 0.6) is 0 Å². The topological polar surface area (TPSA) is 78.5 Å². The molecule has 6 nitrogen and oxygen atoms in total. The molecule has 0 spiro atoms. The molecule has 8 heteroatoms. The number of urea groups is 1. The minimum atomic E-state index is -1.25. The van der Waals surface area contributed by atoms with Crippen LogP contribution in [0.3, 0.4) is 0 Å². The molecule has 0 unspecified atom stereocenters. The van der Waals surface area contributed by atoms with Crippen LogP contribution in [0.4, 0.5) is 19.3 Å². The predicted molar refractivity (Wildman–Crippen MR) is 93.6 cm³/mol. The number of carbonyl (C=O) groups excluding carboxylic acids is 3. The zero-order valence-electron chi connectivity index (χ0n) is 14.5. The Bertz CT molecular complexity index is 904. The second-order valence-corrected chi connectivity index (χ2v) is 6.12. The van der Waals surface area contributed by atoms with Crippen LogP contribution >= 0.6 is 0 Å². The number of amides is 4. The molecule has 2 aromatic rings. The number of anilines is 1. The van der Waals surface area contributed by atoms with Gasteiger partial charge < -0.3 is 10.6 Å². The van der Waals surface area contributed by atoms with Gasteiger partial charge in [0, 0.05) is 6.07 Å². The summed E-state index contributed by atoms with van der Waals surface area (Å²) in [6, 6.07) is 10.7. The summed E-state index contributed by atoms with van der Waals surface area (Å²) < 4.78 is 26.6. The summed E-state index contributed by atoms with van der Waals surface area (Å²) >= 11 is 0. The number of nitrogens with one attached hydrogen (secondary N) is 2. The third-order valence-corrected chi connectivity index (χ3v) is 4.48. The van der Waals surface area contributed by atoms with E-state index in [1.54, 1.807) is 37.3 Å². The van der Waals surface area contributed by atoms with Crippen molar-refractivity contribution in [2.24, 2.45) is 0 Å². The van der Waals surface area contributed by atoms with Gasteiger partial charge in [-0.25, -0.2) is 13.6 Å². The number of halogens is 2. The molecule has 1 heterocycles. The molecular weight excluding hydrogens is 356 g/mol. The molecule has 140 valence electrons. The first-order valence-electron chi connectivity index (χ1n) is 8.32. The number of benzene rings is 2. The van der Waals surface area contributed by atoms with E-state index < -0.39 is 41.6 Å². The molecule has 2 aromatic carbocycles. The van der Waals surface area contributed by atoms with Crippen molar-refractivity contribution in [2.45, 2.75) is 18.9 Å². The van der Waals surface area contributed by atoms with Gasteiger partial charge in [-0.1, -0.05) is 37.3 Å². The third kappa shape index (κ3) is 3.38. The van der Waals surface area contributed by atoms with Crippen LogP contribution in [0.2, 0.25) is 0 Å². The van der Waals surface area contributed by atoms with Gasteiger partial charge in [0.25, 0.3) is 5.91 Å². The van der Waals surface area contributed by atoms with Crippen LogP contribution < -0.4 is 10.6 Å². The number of hydrogen-bond donors (Lipinski definition) is 2. The lowest BCUT2D eigenvalue weighted by molar-refractivity contribution is -0.134. The van der Waals surface area contributed by atoms with Gasteiger partial charge >= 0.3 is 6.03 Å². The largest absolute Gasteiger partial charge is 0.325 e. The normalized spacial score (nSPS) is 19.1. The summed E-state index contributed by atoms with van der Waals surface area (Å²) in [5, 5.41) is 4.89. The lowest BCUT2D eigenvalue weighted by atomic mass is 9.87. The third-order valence-electron chi connectivity index (χ3n) is 4.48. The second kappa shape index (κ2) is 7.14. The summed E-state index contributed by atoms with van der Waals surface area (Å²) in [6.45, 7) is 1.17. The van der Waals surface area contributed by atoms with Gasteiger partial charge in [-0.15, -0.1) is 0 Å². The molecule has 0 saturated carbocycles. The molecule has 1 aliphatic rings. The molecule has 1 atom stereocenters. The highest BCUT2D eigenvalue weighted by Crippen LogP contribution is 2.32. The Hall–Kier alpha value is -3.29. The number of rotatable bonds is 5. The Balaban J connectivity index is 1.78. The maximum absolute atomic E-state index is 13.7. The summed E-state index contributed by atoms with van der Waals surface area (Å²) in [6.07, 6.45) is 0.298. The lowest BCUT2D eigenvalue weighted by Crippen LogP contribution is -2.44. The monoisotopic (exact) mass is 373 g/mol. The Morgan fingerprint density at radius 3 is 2.48 bits per heavy atom. The van der Waals surface area contributed by atoms with Crippen molar-refractivity contribution in [3.8, 4) is 0 Å². The Morgan fingerprint density at radius 2 is 1.85 bits per heavy atom. The van der Waals surface area contributed by atoms with E-state index in [1.807, 2.05) is 0 Å². The van der Waals surface area contributed by atoms with E-state index in [2.05, 4.69) is 10.6 Å². The van der Waals surface area contributed by atoms with Gasteiger partial charge in [0.1, 0.15) is 23.7 Å². The molecule has 0 aromatic heterocycles. The van der Waals surface area contributed by atoms with Gasteiger partial charge in [0.05, 0.1) is 5.69 Å². The first-order chi connectivity index (χ1) is 12.9. The number of nitrogens with zero attached hydrogens (tertiary/aromatic N) is 1. The first kappa shape index (κ1) is 18.5. The van der Waals surface area contributed by atoms with Gasteiger partial charge in [-0.3, -0.25) is 14.5 Å². The summed E-state index contributed by atoms with van der Waals surface area (Å²) in [5.74, 6) is -3.07. The summed E-state index contributed by atoms with van der Waals surface area (Å²) in [5.41, 5.74) is -0.878. The molecule has 4 amide bonds. The Labute approximate surface area is 154 Å².